The molecule has 1 aliphatic carbocycles. The molecule has 1 N–H and O–H groups in total. The second-order valence-corrected chi connectivity index (χ2v) is 6.51. The van der Waals surface area contributed by atoms with Crippen LogP contribution in [0.1, 0.15) is 28.8 Å². The van der Waals surface area contributed by atoms with Crippen molar-refractivity contribution in [1.29, 1.82) is 0 Å². The van der Waals surface area contributed by atoms with E-state index in [-0.39, 0.29) is 11.3 Å². The van der Waals surface area contributed by atoms with Crippen molar-refractivity contribution in [3.8, 4) is 11.5 Å². The maximum atomic E-state index is 12.5. The van der Waals surface area contributed by atoms with Crippen molar-refractivity contribution in [2.24, 2.45) is 0 Å². The first-order valence-corrected chi connectivity index (χ1v) is 8.21. The van der Waals surface area contributed by atoms with E-state index in [4.69, 9.17) is 21.1 Å². The fourth-order valence-corrected chi connectivity index (χ4v) is 3.02. The zero-order chi connectivity index (χ0) is 17.2. The molecule has 1 fully saturated rings. The monoisotopic (exact) mass is 345 g/mol. The summed E-state index contributed by atoms with van der Waals surface area (Å²) in [6.07, 6.45) is 2.10. The lowest BCUT2D eigenvalue weighted by molar-refractivity contribution is 0.0949. The standard InChI is InChI=1S/C19H20ClNO3/c1-23-16-8-13(9-17(11-16)24-2)18(22)21-12-19(6-7-19)14-4-3-5-15(20)10-14/h3-5,8-11H,6-7,12H2,1-2H3,(H,21,22). The number of halogens is 1. The molecule has 0 radical (unpaired) electrons. The SMILES string of the molecule is COc1cc(OC)cc(C(=O)NCC2(c3cccc(Cl)c3)CC2)c1. The van der Waals surface area contributed by atoms with Crippen LogP contribution in [-0.4, -0.2) is 26.7 Å². The van der Waals surface area contributed by atoms with Gasteiger partial charge >= 0.3 is 0 Å². The summed E-state index contributed by atoms with van der Waals surface area (Å²) in [6, 6.07) is 13.0. The fourth-order valence-electron chi connectivity index (χ4n) is 2.83. The molecule has 126 valence electrons. The van der Waals surface area contributed by atoms with E-state index < -0.39 is 0 Å². The van der Waals surface area contributed by atoms with Crippen molar-refractivity contribution in [2.45, 2.75) is 18.3 Å². The lowest BCUT2D eigenvalue weighted by Crippen LogP contribution is -2.32. The van der Waals surface area contributed by atoms with E-state index in [0.29, 0.717) is 23.6 Å². The Morgan fingerprint density at radius 3 is 2.33 bits per heavy atom. The molecular formula is C19H20ClNO3. The van der Waals surface area contributed by atoms with Gasteiger partial charge in [0.2, 0.25) is 0 Å². The topological polar surface area (TPSA) is 47.6 Å². The molecule has 0 bridgehead atoms. The molecular weight excluding hydrogens is 326 g/mol. The molecule has 1 amide bonds. The Morgan fingerprint density at radius 2 is 1.79 bits per heavy atom. The summed E-state index contributed by atoms with van der Waals surface area (Å²) < 4.78 is 10.4. The van der Waals surface area contributed by atoms with Crippen molar-refractivity contribution in [1.82, 2.24) is 5.32 Å². The first-order valence-electron chi connectivity index (χ1n) is 7.84. The van der Waals surface area contributed by atoms with Gasteiger partial charge in [-0.1, -0.05) is 23.7 Å². The number of carbonyl (C=O) groups is 1. The van der Waals surface area contributed by atoms with Gasteiger partial charge in [-0.25, -0.2) is 0 Å². The van der Waals surface area contributed by atoms with E-state index in [1.807, 2.05) is 18.2 Å². The molecule has 0 aliphatic heterocycles. The molecule has 5 heteroatoms. The van der Waals surface area contributed by atoms with Crippen LogP contribution in [0.2, 0.25) is 5.02 Å². The quantitative estimate of drug-likeness (QED) is 0.865. The average molecular weight is 346 g/mol. The fraction of sp³-hybridized carbons (Fsp3) is 0.316. The molecule has 24 heavy (non-hydrogen) atoms. The van der Waals surface area contributed by atoms with Crippen LogP contribution in [0.3, 0.4) is 0 Å². The Labute approximate surface area is 146 Å². The molecule has 0 unspecified atom stereocenters. The minimum Gasteiger partial charge on any atom is -0.497 e. The summed E-state index contributed by atoms with van der Waals surface area (Å²) in [5.74, 6) is 1.05. The third-order valence-corrected chi connectivity index (χ3v) is 4.73. The zero-order valence-corrected chi connectivity index (χ0v) is 14.5. The van der Waals surface area contributed by atoms with Gasteiger partial charge in [0.25, 0.3) is 5.91 Å². The highest BCUT2D eigenvalue weighted by Gasteiger charge is 2.44. The number of rotatable bonds is 6. The van der Waals surface area contributed by atoms with Crippen molar-refractivity contribution >= 4 is 17.5 Å². The van der Waals surface area contributed by atoms with E-state index in [1.54, 1.807) is 32.4 Å². The highest BCUT2D eigenvalue weighted by atomic mass is 35.5. The number of amides is 1. The third-order valence-electron chi connectivity index (χ3n) is 4.49. The minimum absolute atomic E-state index is 0.00349. The Balaban J connectivity index is 1.72. The summed E-state index contributed by atoms with van der Waals surface area (Å²) in [5.41, 5.74) is 1.70. The van der Waals surface area contributed by atoms with Crippen LogP contribution in [-0.2, 0) is 5.41 Å². The Morgan fingerprint density at radius 1 is 1.12 bits per heavy atom. The van der Waals surface area contributed by atoms with Gasteiger partial charge in [-0.15, -0.1) is 0 Å². The smallest absolute Gasteiger partial charge is 0.251 e. The lowest BCUT2D eigenvalue weighted by Gasteiger charge is -2.17. The van der Waals surface area contributed by atoms with Gasteiger partial charge in [-0.2, -0.15) is 0 Å². The van der Waals surface area contributed by atoms with Gasteiger partial charge in [-0.3, -0.25) is 4.79 Å². The maximum absolute atomic E-state index is 12.5. The van der Waals surface area contributed by atoms with Crippen LogP contribution in [0.5, 0.6) is 11.5 Å². The van der Waals surface area contributed by atoms with Crippen LogP contribution in [0.4, 0.5) is 0 Å². The summed E-state index contributed by atoms with van der Waals surface area (Å²) in [5, 5.41) is 3.75. The summed E-state index contributed by atoms with van der Waals surface area (Å²) in [7, 11) is 3.13. The zero-order valence-electron chi connectivity index (χ0n) is 13.8. The predicted octanol–water partition coefficient (Wildman–Crippen LogP) is 3.82. The number of hydrogen-bond acceptors (Lipinski definition) is 3. The van der Waals surface area contributed by atoms with Gasteiger partial charge in [0, 0.05) is 28.6 Å². The van der Waals surface area contributed by atoms with Crippen LogP contribution in [0.25, 0.3) is 0 Å². The molecule has 1 saturated carbocycles. The third kappa shape index (κ3) is 3.49. The van der Waals surface area contributed by atoms with E-state index in [1.165, 1.54) is 5.56 Å². The van der Waals surface area contributed by atoms with Crippen molar-refractivity contribution < 1.29 is 14.3 Å². The van der Waals surface area contributed by atoms with Gasteiger partial charge < -0.3 is 14.8 Å². The highest BCUT2D eigenvalue weighted by Crippen LogP contribution is 2.48. The number of nitrogens with one attached hydrogen (secondary N) is 1. The summed E-state index contributed by atoms with van der Waals surface area (Å²) in [4.78, 5) is 12.5. The number of carbonyl (C=O) groups excluding carboxylic acids is 1. The largest absolute Gasteiger partial charge is 0.497 e. The summed E-state index contributed by atoms with van der Waals surface area (Å²) >= 11 is 6.09. The number of benzene rings is 2. The number of hydrogen-bond donors (Lipinski definition) is 1. The summed E-state index contributed by atoms with van der Waals surface area (Å²) in [6.45, 7) is 0.589. The molecule has 0 atom stereocenters. The van der Waals surface area contributed by atoms with E-state index in [9.17, 15) is 4.79 Å². The van der Waals surface area contributed by atoms with Crippen molar-refractivity contribution in [3.05, 3.63) is 58.6 Å². The van der Waals surface area contributed by atoms with E-state index in [0.717, 1.165) is 17.9 Å². The van der Waals surface area contributed by atoms with Gasteiger partial charge in [0.05, 0.1) is 14.2 Å². The van der Waals surface area contributed by atoms with Crippen LogP contribution in [0, 0.1) is 0 Å². The highest BCUT2D eigenvalue weighted by molar-refractivity contribution is 6.30. The lowest BCUT2D eigenvalue weighted by atomic mass is 9.96. The molecule has 4 nitrogen and oxygen atoms in total. The average Bonchev–Trinajstić information content (AvgIpc) is 3.40. The van der Waals surface area contributed by atoms with Crippen molar-refractivity contribution in [2.75, 3.05) is 20.8 Å². The molecule has 0 heterocycles. The molecule has 0 saturated heterocycles. The normalized spacial score (nSPS) is 14.8. The number of methoxy groups -OCH3 is 2. The Kier molecular flexibility index (Phi) is 4.67. The van der Waals surface area contributed by atoms with Crippen LogP contribution in [0.15, 0.2) is 42.5 Å². The molecule has 1 aliphatic rings. The first kappa shape index (κ1) is 16.7. The van der Waals surface area contributed by atoms with Crippen LogP contribution >= 0.6 is 11.6 Å². The van der Waals surface area contributed by atoms with Gasteiger partial charge in [0.15, 0.2) is 0 Å². The predicted molar refractivity (Wildman–Crippen MR) is 94.2 cm³/mol. The van der Waals surface area contributed by atoms with Gasteiger partial charge in [0.1, 0.15) is 11.5 Å². The molecule has 0 spiro atoms. The second-order valence-electron chi connectivity index (χ2n) is 6.07. The molecule has 0 aromatic heterocycles. The molecule has 2 aromatic carbocycles. The first-order chi connectivity index (χ1) is 11.6. The second kappa shape index (κ2) is 6.73. The van der Waals surface area contributed by atoms with E-state index >= 15 is 0 Å². The Hall–Kier alpha value is -2.20. The minimum atomic E-state index is -0.138. The maximum Gasteiger partial charge on any atom is 0.251 e. The van der Waals surface area contributed by atoms with Crippen LogP contribution < -0.4 is 14.8 Å². The Bertz CT molecular complexity index is 734. The molecule has 3 rings (SSSR count). The van der Waals surface area contributed by atoms with Gasteiger partial charge in [-0.05, 0) is 42.7 Å². The number of ether oxygens (including phenoxy) is 2. The molecule has 2 aromatic rings. The van der Waals surface area contributed by atoms with Crippen molar-refractivity contribution in [3.63, 3.8) is 0 Å². The van der Waals surface area contributed by atoms with E-state index in [2.05, 4.69) is 11.4 Å².